The maximum absolute atomic E-state index is 10.5. The maximum atomic E-state index is 10.5. The molecule has 0 aromatic carbocycles. The highest BCUT2D eigenvalue weighted by Crippen LogP contribution is 2.27. The van der Waals surface area contributed by atoms with Crippen molar-refractivity contribution < 1.29 is 18.1 Å². The summed E-state index contributed by atoms with van der Waals surface area (Å²) in [6, 6.07) is 0. The van der Waals surface area contributed by atoms with Crippen LogP contribution in [0.25, 0.3) is 0 Å². The van der Waals surface area contributed by atoms with E-state index in [1.165, 1.54) is 6.42 Å². The molecule has 0 unspecified atom stereocenters. The molecule has 0 spiro atoms. The second-order valence-electron chi connectivity index (χ2n) is 4.57. The van der Waals surface area contributed by atoms with Crippen LogP contribution in [0.15, 0.2) is 0 Å². The number of hydrogen-bond donors (Lipinski definition) is 3. The van der Waals surface area contributed by atoms with Crippen LogP contribution in [0.1, 0.15) is 38.5 Å². The zero-order valence-corrected chi connectivity index (χ0v) is 10.3. The lowest BCUT2D eigenvalue weighted by atomic mass is 9.82. The number of rotatable bonds is 6. The molecule has 1 fully saturated rings. The van der Waals surface area contributed by atoms with Gasteiger partial charge in [-0.25, -0.2) is 0 Å². The van der Waals surface area contributed by atoms with Gasteiger partial charge in [-0.15, -0.1) is 0 Å². The van der Waals surface area contributed by atoms with Gasteiger partial charge in [0.05, 0.1) is 12.4 Å². The minimum absolute atomic E-state index is 0.0961. The van der Waals surface area contributed by atoms with E-state index in [0.717, 1.165) is 25.7 Å². The van der Waals surface area contributed by atoms with E-state index in [4.69, 9.17) is 4.55 Å². The summed E-state index contributed by atoms with van der Waals surface area (Å²) in [6.07, 6.45) is 5.66. The monoisotopic (exact) mass is 251 g/mol. The van der Waals surface area contributed by atoms with Crippen molar-refractivity contribution in [1.82, 2.24) is 5.32 Å². The average molecular weight is 251 g/mol. The molecule has 0 bridgehead atoms. The molecule has 6 heteroatoms. The summed E-state index contributed by atoms with van der Waals surface area (Å²) < 4.78 is 29.6. The van der Waals surface area contributed by atoms with Gasteiger partial charge in [0.25, 0.3) is 10.1 Å². The van der Waals surface area contributed by atoms with Gasteiger partial charge < -0.3 is 10.4 Å². The van der Waals surface area contributed by atoms with E-state index >= 15 is 0 Å². The minimum atomic E-state index is -3.86. The third kappa shape index (κ3) is 4.78. The lowest BCUT2D eigenvalue weighted by molar-refractivity contribution is 0.121. The van der Waals surface area contributed by atoms with E-state index in [0.29, 0.717) is 13.0 Å². The Hall–Kier alpha value is -0.170. The molecule has 5 nitrogen and oxygen atoms in total. The molecule has 0 aliphatic heterocycles. The van der Waals surface area contributed by atoms with Crippen LogP contribution in [0, 0.1) is 0 Å². The molecule has 1 aliphatic carbocycles. The fraction of sp³-hybridized carbons (Fsp3) is 1.00. The molecule has 0 aromatic rings. The van der Waals surface area contributed by atoms with Gasteiger partial charge in [-0.3, -0.25) is 4.55 Å². The third-order valence-electron chi connectivity index (χ3n) is 3.19. The van der Waals surface area contributed by atoms with Crippen molar-refractivity contribution in [2.45, 2.75) is 44.1 Å². The van der Waals surface area contributed by atoms with Crippen LogP contribution in [0.2, 0.25) is 0 Å². The third-order valence-corrected chi connectivity index (χ3v) is 4.00. The molecule has 1 aliphatic rings. The molecular formula is C10H21NO4S. The summed E-state index contributed by atoms with van der Waals surface area (Å²) in [6.45, 7) is 0.610. The largest absolute Gasteiger partial charge is 0.394 e. The van der Waals surface area contributed by atoms with Crippen molar-refractivity contribution in [3.05, 3.63) is 0 Å². The quantitative estimate of drug-likeness (QED) is 0.474. The lowest BCUT2D eigenvalue weighted by Crippen LogP contribution is -2.50. The molecule has 0 aromatic heterocycles. The van der Waals surface area contributed by atoms with E-state index in [1.54, 1.807) is 0 Å². The highest BCUT2D eigenvalue weighted by atomic mass is 32.2. The van der Waals surface area contributed by atoms with Crippen LogP contribution >= 0.6 is 0 Å². The number of hydrogen-bond acceptors (Lipinski definition) is 4. The topological polar surface area (TPSA) is 86.6 Å². The molecule has 16 heavy (non-hydrogen) atoms. The van der Waals surface area contributed by atoms with Crippen molar-refractivity contribution in [1.29, 1.82) is 0 Å². The summed E-state index contributed by atoms with van der Waals surface area (Å²) in [5, 5.41) is 12.6. The smallest absolute Gasteiger partial charge is 0.264 e. The average Bonchev–Trinajstić information content (AvgIpc) is 2.25. The van der Waals surface area contributed by atoms with E-state index in [-0.39, 0.29) is 17.9 Å². The van der Waals surface area contributed by atoms with Crippen LogP contribution in [-0.2, 0) is 10.1 Å². The number of nitrogens with one attached hydrogen (secondary N) is 1. The van der Waals surface area contributed by atoms with Crippen LogP contribution in [-0.4, -0.2) is 42.5 Å². The molecule has 0 heterocycles. The molecule has 96 valence electrons. The standard InChI is InChI=1S/C10H21NO4S/c12-9-10(5-2-1-3-6-10)11-7-4-8-16(13,14)15/h11-12H,1-9H2,(H,13,14,15). The summed E-state index contributed by atoms with van der Waals surface area (Å²) in [5.41, 5.74) is -0.225. The van der Waals surface area contributed by atoms with Crippen molar-refractivity contribution in [2.75, 3.05) is 18.9 Å². The second kappa shape index (κ2) is 5.95. The fourth-order valence-corrected chi connectivity index (χ4v) is 2.74. The van der Waals surface area contributed by atoms with Gasteiger partial charge in [0.2, 0.25) is 0 Å². The minimum Gasteiger partial charge on any atom is -0.394 e. The van der Waals surface area contributed by atoms with Crippen molar-refractivity contribution in [2.24, 2.45) is 0 Å². The van der Waals surface area contributed by atoms with Gasteiger partial charge in [-0.05, 0) is 25.8 Å². The molecule has 0 radical (unpaired) electrons. The second-order valence-corrected chi connectivity index (χ2v) is 6.14. The van der Waals surface area contributed by atoms with Crippen molar-refractivity contribution in [3.63, 3.8) is 0 Å². The Kier molecular flexibility index (Phi) is 5.17. The van der Waals surface area contributed by atoms with Gasteiger partial charge >= 0.3 is 0 Å². The summed E-state index contributed by atoms with van der Waals surface area (Å²) in [7, 11) is -3.86. The first-order valence-electron chi connectivity index (χ1n) is 5.79. The van der Waals surface area contributed by atoms with Crippen LogP contribution in [0.4, 0.5) is 0 Å². The first-order valence-corrected chi connectivity index (χ1v) is 7.39. The first-order chi connectivity index (χ1) is 7.47. The highest BCUT2D eigenvalue weighted by molar-refractivity contribution is 7.85. The van der Waals surface area contributed by atoms with Gasteiger partial charge in [0, 0.05) is 5.54 Å². The Morgan fingerprint density at radius 3 is 2.31 bits per heavy atom. The predicted octanol–water partition coefficient (Wildman–Crippen LogP) is 0.549. The lowest BCUT2D eigenvalue weighted by Gasteiger charge is -2.36. The molecule has 0 saturated heterocycles. The van der Waals surface area contributed by atoms with E-state index in [1.807, 2.05) is 0 Å². The maximum Gasteiger partial charge on any atom is 0.264 e. The normalized spacial score (nSPS) is 20.9. The highest BCUT2D eigenvalue weighted by Gasteiger charge is 2.30. The van der Waals surface area contributed by atoms with Crippen LogP contribution in [0.5, 0.6) is 0 Å². The molecule has 3 N–H and O–H groups in total. The van der Waals surface area contributed by atoms with E-state index in [9.17, 15) is 13.5 Å². The Morgan fingerprint density at radius 2 is 1.81 bits per heavy atom. The summed E-state index contributed by atoms with van der Waals surface area (Å²) in [5.74, 6) is -0.221. The number of aliphatic hydroxyl groups excluding tert-OH is 1. The van der Waals surface area contributed by atoms with Crippen LogP contribution < -0.4 is 5.32 Å². The Labute approximate surface area is 97.0 Å². The summed E-state index contributed by atoms with van der Waals surface area (Å²) in [4.78, 5) is 0. The van der Waals surface area contributed by atoms with Gasteiger partial charge in [-0.1, -0.05) is 19.3 Å². The molecular weight excluding hydrogens is 230 g/mol. The van der Waals surface area contributed by atoms with Gasteiger partial charge in [0.15, 0.2) is 0 Å². The Balaban J connectivity index is 2.28. The SMILES string of the molecule is O=S(=O)(O)CCCNC1(CO)CCCCC1. The zero-order chi connectivity index (χ0) is 12.1. The fourth-order valence-electron chi connectivity index (χ4n) is 2.23. The van der Waals surface area contributed by atoms with Crippen LogP contribution in [0.3, 0.4) is 0 Å². The Morgan fingerprint density at radius 1 is 1.19 bits per heavy atom. The van der Waals surface area contributed by atoms with E-state index in [2.05, 4.69) is 5.32 Å². The van der Waals surface area contributed by atoms with Crippen molar-refractivity contribution >= 4 is 10.1 Å². The van der Waals surface area contributed by atoms with Gasteiger partial charge in [-0.2, -0.15) is 8.42 Å². The summed E-state index contributed by atoms with van der Waals surface area (Å²) >= 11 is 0. The molecule has 1 rings (SSSR count). The van der Waals surface area contributed by atoms with Crippen molar-refractivity contribution in [3.8, 4) is 0 Å². The molecule has 0 atom stereocenters. The zero-order valence-electron chi connectivity index (χ0n) is 9.48. The first kappa shape index (κ1) is 13.9. The molecule has 0 amide bonds. The molecule has 1 saturated carbocycles. The number of aliphatic hydroxyl groups is 1. The van der Waals surface area contributed by atoms with E-state index < -0.39 is 10.1 Å². The van der Waals surface area contributed by atoms with Gasteiger partial charge in [0.1, 0.15) is 0 Å². The Bertz CT molecular complexity index is 296. The predicted molar refractivity (Wildman–Crippen MR) is 61.9 cm³/mol.